The zero-order chi connectivity index (χ0) is 21.5. The SMILES string of the molecule is CC(=O)c1ccc2[nH]c(O)c(C(=NC3CCN(C)CC3)c3ccc4c(c3)OCO4)c2c1. The molecule has 0 radical (unpaired) electrons. The van der Waals surface area contributed by atoms with Crippen molar-refractivity contribution >= 4 is 22.4 Å². The lowest BCUT2D eigenvalue weighted by Crippen LogP contribution is -2.32. The van der Waals surface area contributed by atoms with Gasteiger partial charge in [-0.25, -0.2) is 0 Å². The van der Waals surface area contributed by atoms with E-state index in [0.29, 0.717) is 28.3 Å². The summed E-state index contributed by atoms with van der Waals surface area (Å²) in [6.07, 6.45) is 1.90. The van der Waals surface area contributed by atoms with Gasteiger partial charge in [-0.3, -0.25) is 9.79 Å². The van der Waals surface area contributed by atoms with Crippen molar-refractivity contribution in [3.63, 3.8) is 0 Å². The van der Waals surface area contributed by atoms with Crippen molar-refractivity contribution < 1.29 is 19.4 Å². The van der Waals surface area contributed by atoms with Gasteiger partial charge in [-0.15, -0.1) is 0 Å². The Hall–Kier alpha value is -3.32. The molecule has 1 fully saturated rings. The lowest BCUT2D eigenvalue weighted by Gasteiger charge is -2.27. The molecule has 3 heterocycles. The molecule has 1 saturated heterocycles. The average molecular weight is 419 g/mol. The summed E-state index contributed by atoms with van der Waals surface area (Å²) >= 11 is 0. The number of likely N-dealkylation sites (tertiary alicyclic amines) is 1. The number of aliphatic imine (C=N–C) groups is 1. The lowest BCUT2D eigenvalue weighted by atomic mass is 9.97. The minimum atomic E-state index is -0.0228. The number of fused-ring (bicyclic) bond motifs is 2. The van der Waals surface area contributed by atoms with Crippen molar-refractivity contribution in [1.29, 1.82) is 0 Å². The van der Waals surface area contributed by atoms with Crippen molar-refractivity contribution in [3.05, 3.63) is 53.1 Å². The molecule has 7 nitrogen and oxygen atoms in total. The molecular formula is C24H25N3O4. The number of nitrogens with zero attached hydrogens (tertiary/aromatic N) is 2. The Kier molecular flexibility index (Phi) is 4.90. The van der Waals surface area contributed by atoms with Gasteiger partial charge in [0, 0.05) is 22.0 Å². The van der Waals surface area contributed by atoms with Crippen molar-refractivity contribution in [2.24, 2.45) is 4.99 Å². The van der Waals surface area contributed by atoms with E-state index in [4.69, 9.17) is 14.5 Å². The number of aromatic hydroxyl groups is 1. The van der Waals surface area contributed by atoms with Gasteiger partial charge < -0.3 is 24.5 Å². The van der Waals surface area contributed by atoms with Crippen molar-refractivity contribution in [1.82, 2.24) is 9.88 Å². The molecule has 0 amide bonds. The Morgan fingerprint density at radius 2 is 1.84 bits per heavy atom. The molecule has 31 heavy (non-hydrogen) atoms. The quantitative estimate of drug-likeness (QED) is 0.497. The number of carbonyl (C=O) groups is 1. The second-order valence-corrected chi connectivity index (χ2v) is 8.25. The summed E-state index contributed by atoms with van der Waals surface area (Å²) in [5, 5.41) is 11.6. The third kappa shape index (κ3) is 3.65. The smallest absolute Gasteiger partial charge is 0.231 e. The molecule has 0 spiro atoms. The number of hydrogen-bond acceptors (Lipinski definition) is 6. The largest absolute Gasteiger partial charge is 0.494 e. The average Bonchev–Trinajstić information content (AvgIpc) is 3.35. The number of ether oxygens (including phenoxy) is 2. The van der Waals surface area contributed by atoms with Gasteiger partial charge in [0.2, 0.25) is 6.79 Å². The Balaban J connectivity index is 1.68. The minimum absolute atomic E-state index is 0.0228. The van der Waals surface area contributed by atoms with Gasteiger partial charge in [0.05, 0.1) is 17.3 Å². The zero-order valence-electron chi connectivity index (χ0n) is 17.6. The fourth-order valence-electron chi connectivity index (χ4n) is 4.27. The van der Waals surface area contributed by atoms with E-state index in [9.17, 15) is 9.90 Å². The summed E-state index contributed by atoms with van der Waals surface area (Å²) < 4.78 is 11.0. The molecule has 160 valence electrons. The predicted molar refractivity (Wildman–Crippen MR) is 119 cm³/mol. The van der Waals surface area contributed by atoms with Crippen LogP contribution in [0.5, 0.6) is 17.4 Å². The maximum absolute atomic E-state index is 12.0. The van der Waals surface area contributed by atoms with E-state index in [-0.39, 0.29) is 24.5 Å². The molecule has 2 aliphatic heterocycles. The molecule has 2 aliphatic rings. The van der Waals surface area contributed by atoms with Crippen LogP contribution >= 0.6 is 0 Å². The van der Waals surface area contributed by atoms with Crippen LogP contribution in [-0.2, 0) is 0 Å². The van der Waals surface area contributed by atoms with E-state index < -0.39 is 0 Å². The molecule has 0 atom stereocenters. The number of benzene rings is 2. The maximum Gasteiger partial charge on any atom is 0.231 e. The van der Waals surface area contributed by atoms with E-state index in [1.165, 1.54) is 0 Å². The highest BCUT2D eigenvalue weighted by molar-refractivity contribution is 6.22. The predicted octanol–water partition coefficient (Wildman–Crippen LogP) is 3.74. The Morgan fingerprint density at radius 1 is 1.10 bits per heavy atom. The van der Waals surface area contributed by atoms with Crippen LogP contribution in [0.25, 0.3) is 10.9 Å². The molecule has 3 aromatic rings. The third-order valence-electron chi connectivity index (χ3n) is 6.07. The molecule has 0 saturated carbocycles. The van der Waals surface area contributed by atoms with Crippen LogP contribution in [0, 0.1) is 0 Å². The molecular weight excluding hydrogens is 394 g/mol. The molecule has 0 unspecified atom stereocenters. The van der Waals surface area contributed by atoms with Crippen molar-refractivity contribution in [2.45, 2.75) is 25.8 Å². The first-order valence-corrected chi connectivity index (χ1v) is 10.5. The van der Waals surface area contributed by atoms with Crippen LogP contribution in [-0.4, -0.2) is 59.5 Å². The fourth-order valence-corrected chi connectivity index (χ4v) is 4.27. The Bertz CT molecular complexity index is 1190. The van der Waals surface area contributed by atoms with Crippen LogP contribution in [0.3, 0.4) is 0 Å². The molecule has 1 aromatic heterocycles. The van der Waals surface area contributed by atoms with Gasteiger partial charge in [-0.05, 0) is 76.3 Å². The van der Waals surface area contributed by atoms with Gasteiger partial charge >= 0.3 is 0 Å². The van der Waals surface area contributed by atoms with Crippen LogP contribution in [0.15, 0.2) is 41.4 Å². The highest BCUT2D eigenvalue weighted by Gasteiger charge is 2.24. The highest BCUT2D eigenvalue weighted by atomic mass is 16.7. The number of nitrogens with one attached hydrogen (secondary N) is 1. The second-order valence-electron chi connectivity index (χ2n) is 8.25. The Morgan fingerprint density at radius 3 is 2.61 bits per heavy atom. The van der Waals surface area contributed by atoms with Crippen LogP contribution < -0.4 is 9.47 Å². The highest BCUT2D eigenvalue weighted by Crippen LogP contribution is 2.36. The molecule has 0 bridgehead atoms. The maximum atomic E-state index is 12.0. The fraction of sp³-hybridized carbons (Fsp3) is 0.333. The van der Waals surface area contributed by atoms with Crippen molar-refractivity contribution in [3.8, 4) is 17.4 Å². The number of aromatic amines is 1. The minimum Gasteiger partial charge on any atom is -0.494 e. The number of ketones is 1. The summed E-state index contributed by atoms with van der Waals surface area (Å²) in [4.78, 5) is 22.4. The summed E-state index contributed by atoms with van der Waals surface area (Å²) in [5.41, 5.74) is 3.49. The lowest BCUT2D eigenvalue weighted by molar-refractivity contribution is 0.101. The van der Waals surface area contributed by atoms with E-state index in [1.807, 2.05) is 30.3 Å². The first-order valence-electron chi connectivity index (χ1n) is 10.5. The zero-order valence-corrected chi connectivity index (χ0v) is 17.6. The van der Waals surface area contributed by atoms with Gasteiger partial charge in [-0.2, -0.15) is 0 Å². The molecule has 0 aliphatic carbocycles. The van der Waals surface area contributed by atoms with E-state index in [0.717, 1.165) is 42.4 Å². The number of piperidine rings is 1. The first-order chi connectivity index (χ1) is 15.0. The summed E-state index contributed by atoms with van der Waals surface area (Å²) in [6.45, 7) is 3.70. The van der Waals surface area contributed by atoms with E-state index in [2.05, 4.69) is 16.9 Å². The topological polar surface area (TPSA) is 87.2 Å². The van der Waals surface area contributed by atoms with Crippen LogP contribution in [0.2, 0.25) is 0 Å². The Labute approximate surface area is 180 Å². The molecule has 2 N–H and O–H groups in total. The second kappa shape index (κ2) is 7.74. The van der Waals surface area contributed by atoms with Gasteiger partial charge in [-0.1, -0.05) is 0 Å². The molecule has 2 aromatic carbocycles. The van der Waals surface area contributed by atoms with E-state index >= 15 is 0 Å². The van der Waals surface area contributed by atoms with Crippen LogP contribution in [0.4, 0.5) is 0 Å². The number of H-pyrrole nitrogens is 1. The van der Waals surface area contributed by atoms with Gasteiger partial charge in [0.15, 0.2) is 23.2 Å². The third-order valence-corrected chi connectivity index (χ3v) is 6.07. The number of aromatic nitrogens is 1. The number of rotatable bonds is 4. The summed E-state index contributed by atoms with van der Waals surface area (Å²) in [7, 11) is 2.12. The first kappa shape index (κ1) is 19.6. The monoisotopic (exact) mass is 419 g/mol. The van der Waals surface area contributed by atoms with E-state index in [1.54, 1.807) is 13.0 Å². The standard InChI is InChI=1S/C24H25N3O4/c1-14(28)15-3-5-19-18(11-15)22(24(29)26-19)23(25-17-7-9-27(2)10-8-17)16-4-6-20-21(12-16)31-13-30-20/h3-6,11-12,17,26,29H,7-10,13H2,1-2H3. The van der Waals surface area contributed by atoms with Gasteiger partial charge in [0.1, 0.15) is 0 Å². The number of hydrogen-bond donors (Lipinski definition) is 2. The van der Waals surface area contributed by atoms with Crippen molar-refractivity contribution in [2.75, 3.05) is 26.9 Å². The van der Waals surface area contributed by atoms with Gasteiger partial charge in [0.25, 0.3) is 0 Å². The normalized spacial score (nSPS) is 17.4. The summed E-state index contributed by atoms with van der Waals surface area (Å²) in [5.74, 6) is 1.38. The summed E-state index contributed by atoms with van der Waals surface area (Å²) in [6, 6.07) is 11.3. The number of Topliss-reactive ketones (excluding diaryl/α,β-unsaturated/α-hetero) is 1. The number of carbonyl (C=O) groups excluding carboxylic acids is 1. The van der Waals surface area contributed by atoms with Crippen LogP contribution in [0.1, 0.15) is 41.3 Å². The molecule has 5 rings (SSSR count). The molecule has 7 heteroatoms.